The van der Waals surface area contributed by atoms with E-state index in [9.17, 15) is 4.79 Å². The number of benzene rings is 1. The van der Waals surface area contributed by atoms with E-state index in [0.717, 1.165) is 13.0 Å². The van der Waals surface area contributed by atoms with Crippen LogP contribution in [0.5, 0.6) is 0 Å². The summed E-state index contributed by atoms with van der Waals surface area (Å²) in [6.07, 6.45) is 5.63. The minimum Gasteiger partial charge on any atom is -0.331 e. The Balaban J connectivity index is 1.59. The SMILES string of the molecule is O=C(c1ccnc(-n2cncn2)c1)N1CC[C@@H]1c1ccccc1. The minimum absolute atomic E-state index is 0.0221. The van der Waals surface area contributed by atoms with Crippen molar-refractivity contribution in [2.75, 3.05) is 6.54 Å². The van der Waals surface area contributed by atoms with Gasteiger partial charge in [-0.15, -0.1) is 0 Å². The standard InChI is InChI=1S/C17H15N5O/c23-17(21-9-7-15(21)13-4-2-1-3-5-13)14-6-8-19-16(10-14)22-12-18-11-20-22/h1-6,8,10-12,15H,7,9H2/t15-/m1/s1. The molecule has 0 aliphatic carbocycles. The normalized spacial score (nSPS) is 16.9. The fraction of sp³-hybridized carbons (Fsp3) is 0.176. The molecule has 114 valence electrons. The Labute approximate surface area is 133 Å². The highest BCUT2D eigenvalue weighted by molar-refractivity contribution is 5.95. The van der Waals surface area contributed by atoms with Crippen molar-refractivity contribution in [3.05, 3.63) is 72.4 Å². The molecule has 0 bridgehead atoms. The maximum atomic E-state index is 12.8. The van der Waals surface area contributed by atoms with Crippen LogP contribution in [0.1, 0.15) is 28.4 Å². The molecule has 2 aromatic heterocycles. The summed E-state index contributed by atoms with van der Waals surface area (Å²) in [5.74, 6) is 0.610. The number of carbonyl (C=O) groups excluding carboxylic acids is 1. The Morgan fingerprint density at radius 1 is 1.17 bits per heavy atom. The maximum Gasteiger partial charge on any atom is 0.254 e. The second-order valence-electron chi connectivity index (χ2n) is 5.46. The molecule has 0 N–H and O–H groups in total. The second-order valence-corrected chi connectivity index (χ2v) is 5.46. The van der Waals surface area contributed by atoms with Crippen LogP contribution in [0, 0.1) is 0 Å². The van der Waals surface area contributed by atoms with Gasteiger partial charge in [0, 0.05) is 18.3 Å². The summed E-state index contributed by atoms with van der Waals surface area (Å²) in [4.78, 5) is 22.8. The molecule has 1 amide bonds. The van der Waals surface area contributed by atoms with Gasteiger partial charge in [-0.3, -0.25) is 4.79 Å². The van der Waals surface area contributed by atoms with Gasteiger partial charge >= 0.3 is 0 Å². The number of rotatable bonds is 3. The predicted molar refractivity (Wildman–Crippen MR) is 84.0 cm³/mol. The van der Waals surface area contributed by atoms with E-state index in [0.29, 0.717) is 11.4 Å². The molecular weight excluding hydrogens is 290 g/mol. The number of hydrogen-bond acceptors (Lipinski definition) is 4. The summed E-state index contributed by atoms with van der Waals surface area (Å²) < 4.78 is 1.54. The van der Waals surface area contributed by atoms with Crippen LogP contribution < -0.4 is 0 Å². The van der Waals surface area contributed by atoms with Gasteiger partial charge in [-0.1, -0.05) is 30.3 Å². The van der Waals surface area contributed by atoms with Gasteiger partial charge in [0.05, 0.1) is 6.04 Å². The smallest absolute Gasteiger partial charge is 0.254 e. The topological polar surface area (TPSA) is 63.9 Å². The van der Waals surface area contributed by atoms with Crippen molar-refractivity contribution in [1.29, 1.82) is 0 Å². The van der Waals surface area contributed by atoms with Crippen LogP contribution in [0.4, 0.5) is 0 Å². The number of nitrogens with zero attached hydrogens (tertiary/aromatic N) is 5. The van der Waals surface area contributed by atoms with Gasteiger partial charge < -0.3 is 4.90 Å². The van der Waals surface area contributed by atoms with Crippen LogP contribution in [-0.2, 0) is 0 Å². The van der Waals surface area contributed by atoms with E-state index in [1.807, 2.05) is 23.1 Å². The van der Waals surface area contributed by atoms with Gasteiger partial charge in [-0.2, -0.15) is 5.10 Å². The number of hydrogen-bond donors (Lipinski definition) is 0. The molecule has 3 heterocycles. The second kappa shape index (κ2) is 5.64. The molecule has 23 heavy (non-hydrogen) atoms. The molecule has 0 saturated carbocycles. The molecule has 6 nitrogen and oxygen atoms in total. The first-order valence-corrected chi connectivity index (χ1v) is 7.50. The monoisotopic (exact) mass is 305 g/mol. The fourth-order valence-electron chi connectivity index (χ4n) is 2.82. The summed E-state index contributed by atoms with van der Waals surface area (Å²) in [6.45, 7) is 0.777. The van der Waals surface area contributed by atoms with Gasteiger partial charge in [0.25, 0.3) is 5.91 Å². The first-order chi connectivity index (χ1) is 11.3. The average Bonchev–Trinajstić information content (AvgIpc) is 3.09. The van der Waals surface area contributed by atoms with Crippen molar-refractivity contribution >= 4 is 5.91 Å². The Bertz CT molecular complexity index is 816. The van der Waals surface area contributed by atoms with Gasteiger partial charge in [-0.25, -0.2) is 14.6 Å². The number of amides is 1. The van der Waals surface area contributed by atoms with E-state index >= 15 is 0 Å². The van der Waals surface area contributed by atoms with Crippen LogP contribution in [0.15, 0.2) is 61.3 Å². The molecule has 4 rings (SSSR count). The quantitative estimate of drug-likeness (QED) is 0.744. The molecule has 1 atom stereocenters. The Morgan fingerprint density at radius 2 is 2.04 bits per heavy atom. The Morgan fingerprint density at radius 3 is 2.74 bits per heavy atom. The summed E-state index contributed by atoms with van der Waals surface area (Å²) >= 11 is 0. The highest BCUT2D eigenvalue weighted by Crippen LogP contribution is 2.34. The summed E-state index contributed by atoms with van der Waals surface area (Å²) in [5, 5.41) is 4.05. The third kappa shape index (κ3) is 2.48. The number of aromatic nitrogens is 4. The number of pyridine rings is 1. The highest BCUT2D eigenvalue weighted by atomic mass is 16.2. The van der Waals surface area contributed by atoms with E-state index in [1.165, 1.54) is 11.9 Å². The van der Waals surface area contributed by atoms with Crippen molar-refractivity contribution in [1.82, 2.24) is 24.6 Å². The van der Waals surface area contributed by atoms with Crippen LogP contribution in [0.2, 0.25) is 0 Å². The van der Waals surface area contributed by atoms with Crippen molar-refractivity contribution in [2.24, 2.45) is 0 Å². The van der Waals surface area contributed by atoms with E-state index in [4.69, 9.17) is 0 Å². The molecule has 3 aromatic rings. The van der Waals surface area contributed by atoms with Crippen LogP contribution in [-0.4, -0.2) is 37.1 Å². The lowest BCUT2D eigenvalue weighted by atomic mass is 9.94. The first kappa shape index (κ1) is 13.6. The molecule has 1 aliphatic rings. The van der Waals surface area contributed by atoms with Crippen molar-refractivity contribution in [3.63, 3.8) is 0 Å². The van der Waals surface area contributed by atoms with E-state index in [-0.39, 0.29) is 11.9 Å². The molecule has 6 heteroatoms. The zero-order chi connectivity index (χ0) is 15.6. The first-order valence-electron chi connectivity index (χ1n) is 7.50. The summed E-state index contributed by atoms with van der Waals surface area (Å²) in [7, 11) is 0. The lowest BCUT2D eigenvalue weighted by molar-refractivity contribution is 0.0460. The average molecular weight is 305 g/mol. The fourth-order valence-corrected chi connectivity index (χ4v) is 2.82. The van der Waals surface area contributed by atoms with E-state index in [2.05, 4.69) is 27.2 Å². The van der Waals surface area contributed by atoms with E-state index in [1.54, 1.807) is 29.3 Å². The predicted octanol–water partition coefficient (Wildman–Crippen LogP) is 2.25. The summed E-state index contributed by atoms with van der Waals surface area (Å²) in [6, 6.07) is 13.8. The molecule has 0 unspecified atom stereocenters. The van der Waals surface area contributed by atoms with Crippen LogP contribution in [0.25, 0.3) is 5.82 Å². The zero-order valence-corrected chi connectivity index (χ0v) is 12.4. The molecule has 1 saturated heterocycles. The minimum atomic E-state index is 0.0221. The number of carbonyl (C=O) groups is 1. The lowest BCUT2D eigenvalue weighted by Crippen LogP contribution is -2.45. The maximum absolute atomic E-state index is 12.8. The largest absolute Gasteiger partial charge is 0.331 e. The van der Waals surface area contributed by atoms with Crippen molar-refractivity contribution in [3.8, 4) is 5.82 Å². The van der Waals surface area contributed by atoms with Crippen molar-refractivity contribution < 1.29 is 4.79 Å². The van der Waals surface area contributed by atoms with Crippen LogP contribution in [0.3, 0.4) is 0 Å². The van der Waals surface area contributed by atoms with Gasteiger partial charge in [0.15, 0.2) is 5.82 Å². The zero-order valence-electron chi connectivity index (χ0n) is 12.4. The van der Waals surface area contributed by atoms with Crippen LogP contribution >= 0.6 is 0 Å². The van der Waals surface area contributed by atoms with E-state index < -0.39 is 0 Å². The molecule has 1 aromatic carbocycles. The van der Waals surface area contributed by atoms with Gasteiger partial charge in [0.1, 0.15) is 12.7 Å². The lowest BCUT2D eigenvalue weighted by Gasteiger charge is -2.41. The highest BCUT2D eigenvalue weighted by Gasteiger charge is 2.33. The third-order valence-corrected chi connectivity index (χ3v) is 4.11. The molecule has 0 radical (unpaired) electrons. The molecule has 1 aliphatic heterocycles. The third-order valence-electron chi connectivity index (χ3n) is 4.11. The Kier molecular flexibility index (Phi) is 3.34. The molecule has 1 fully saturated rings. The van der Waals surface area contributed by atoms with Crippen molar-refractivity contribution in [2.45, 2.75) is 12.5 Å². The molecule has 0 spiro atoms. The molecular formula is C17H15N5O. The van der Waals surface area contributed by atoms with Gasteiger partial charge in [0.2, 0.25) is 0 Å². The van der Waals surface area contributed by atoms with Gasteiger partial charge in [-0.05, 0) is 24.1 Å². The summed E-state index contributed by atoms with van der Waals surface area (Å²) in [5.41, 5.74) is 1.80. The Hall–Kier alpha value is -3.02. The number of likely N-dealkylation sites (tertiary alicyclic amines) is 1.